The third kappa shape index (κ3) is 4.23. The lowest BCUT2D eigenvalue weighted by molar-refractivity contribution is 0.0698. The molecule has 1 heterocycles. The standard InChI is InChI=1S/C21H25N3O2/c1-23(2)19-10-8-16(9-11-19)20(25)22-18-12-14-24(15-13-18)21(26)17-6-4-3-5-7-17/h3-11,18H,12-15H2,1-2H3,(H,22,25). The fourth-order valence-electron chi connectivity index (χ4n) is 3.17. The van der Waals surface area contributed by atoms with E-state index in [1.165, 1.54) is 0 Å². The largest absolute Gasteiger partial charge is 0.378 e. The zero-order valence-electron chi connectivity index (χ0n) is 15.3. The molecule has 0 radical (unpaired) electrons. The molecule has 136 valence electrons. The molecule has 0 aliphatic carbocycles. The number of hydrogen-bond acceptors (Lipinski definition) is 3. The van der Waals surface area contributed by atoms with Crippen LogP contribution in [-0.2, 0) is 0 Å². The summed E-state index contributed by atoms with van der Waals surface area (Å²) in [5, 5.41) is 3.09. The first kappa shape index (κ1) is 18.0. The van der Waals surface area contributed by atoms with Crippen LogP contribution in [-0.4, -0.2) is 49.9 Å². The van der Waals surface area contributed by atoms with Crippen LogP contribution in [0.5, 0.6) is 0 Å². The minimum absolute atomic E-state index is 0.0526. The van der Waals surface area contributed by atoms with E-state index in [2.05, 4.69) is 5.32 Å². The maximum atomic E-state index is 12.5. The Balaban J connectivity index is 1.52. The van der Waals surface area contributed by atoms with Crippen molar-refractivity contribution < 1.29 is 9.59 Å². The SMILES string of the molecule is CN(C)c1ccc(C(=O)NC2CCN(C(=O)c3ccccc3)CC2)cc1. The highest BCUT2D eigenvalue weighted by atomic mass is 16.2. The first-order chi connectivity index (χ1) is 12.5. The molecule has 26 heavy (non-hydrogen) atoms. The fourth-order valence-corrected chi connectivity index (χ4v) is 3.17. The zero-order valence-corrected chi connectivity index (χ0v) is 15.3. The maximum Gasteiger partial charge on any atom is 0.253 e. The van der Waals surface area contributed by atoms with Crippen LogP contribution in [0.15, 0.2) is 54.6 Å². The Morgan fingerprint density at radius 1 is 0.923 bits per heavy atom. The highest BCUT2D eigenvalue weighted by molar-refractivity contribution is 5.95. The molecule has 0 bridgehead atoms. The summed E-state index contributed by atoms with van der Waals surface area (Å²) in [5.74, 6) is 0.0118. The van der Waals surface area contributed by atoms with Crippen LogP contribution in [0, 0.1) is 0 Å². The summed E-state index contributed by atoms with van der Waals surface area (Å²) in [4.78, 5) is 28.8. The number of amides is 2. The van der Waals surface area contributed by atoms with Crippen molar-refractivity contribution in [3.05, 3.63) is 65.7 Å². The second kappa shape index (κ2) is 8.04. The van der Waals surface area contributed by atoms with Crippen LogP contribution in [0.2, 0.25) is 0 Å². The molecule has 3 rings (SSSR count). The lowest BCUT2D eigenvalue weighted by Gasteiger charge is -2.32. The predicted octanol–water partition coefficient (Wildman–Crippen LogP) is 2.79. The van der Waals surface area contributed by atoms with Crippen molar-refractivity contribution in [3.8, 4) is 0 Å². The predicted molar refractivity (Wildman–Crippen MR) is 104 cm³/mol. The van der Waals surface area contributed by atoms with Gasteiger partial charge in [-0.25, -0.2) is 0 Å². The Morgan fingerprint density at radius 3 is 2.12 bits per heavy atom. The molecule has 0 spiro atoms. The van der Waals surface area contributed by atoms with Crippen LogP contribution in [0.1, 0.15) is 33.6 Å². The second-order valence-corrected chi connectivity index (χ2v) is 6.85. The van der Waals surface area contributed by atoms with Gasteiger partial charge >= 0.3 is 0 Å². The highest BCUT2D eigenvalue weighted by Gasteiger charge is 2.24. The molecule has 2 aromatic carbocycles. The van der Waals surface area contributed by atoms with Gasteiger partial charge in [0.1, 0.15) is 0 Å². The van der Waals surface area contributed by atoms with E-state index in [0.29, 0.717) is 18.7 Å². The molecular weight excluding hydrogens is 326 g/mol. The molecule has 5 heteroatoms. The average molecular weight is 351 g/mol. The minimum atomic E-state index is -0.0526. The summed E-state index contributed by atoms with van der Waals surface area (Å²) < 4.78 is 0. The normalized spacial score (nSPS) is 14.8. The third-order valence-corrected chi connectivity index (χ3v) is 4.78. The summed E-state index contributed by atoms with van der Waals surface area (Å²) in [6.07, 6.45) is 1.56. The molecule has 1 aliphatic heterocycles. The van der Waals surface area contributed by atoms with Crippen LogP contribution >= 0.6 is 0 Å². The van der Waals surface area contributed by atoms with Gasteiger partial charge in [0.25, 0.3) is 11.8 Å². The molecule has 1 aliphatic rings. The number of carbonyl (C=O) groups excluding carboxylic acids is 2. The number of nitrogens with one attached hydrogen (secondary N) is 1. The summed E-state index contributed by atoms with van der Waals surface area (Å²) in [5.41, 5.74) is 2.45. The highest BCUT2D eigenvalue weighted by Crippen LogP contribution is 2.16. The van der Waals surface area contributed by atoms with Gasteiger partial charge in [-0.15, -0.1) is 0 Å². The van der Waals surface area contributed by atoms with Gasteiger partial charge in [0.15, 0.2) is 0 Å². The molecule has 1 saturated heterocycles. The van der Waals surface area contributed by atoms with E-state index >= 15 is 0 Å². The van der Waals surface area contributed by atoms with Gasteiger partial charge in [0.05, 0.1) is 0 Å². The summed E-state index contributed by atoms with van der Waals surface area (Å²) in [7, 11) is 3.94. The number of anilines is 1. The van der Waals surface area contributed by atoms with Crippen LogP contribution in [0.4, 0.5) is 5.69 Å². The van der Waals surface area contributed by atoms with Crippen molar-refractivity contribution in [2.24, 2.45) is 0 Å². The molecule has 2 aromatic rings. The lowest BCUT2D eigenvalue weighted by atomic mass is 10.0. The quantitative estimate of drug-likeness (QED) is 0.922. The Hall–Kier alpha value is -2.82. The maximum absolute atomic E-state index is 12.5. The number of carbonyl (C=O) groups is 2. The van der Waals surface area contributed by atoms with E-state index in [-0.39, 0.29) is 17.9 Å². The number of likely N-dealkylation sites (tertiary alicyclic amines) is 1. The van der Waals surface area contributed by atoms with Crippen molar-refractivity contribution in [2.75, 3.05) is 32.1 Å². The van der Waals surface area contributed by atoms with Crippen molar-refractivity contribution in [2.45, 2.75) is 18.9 Å². The first-order valence-corrected chi connectivity index (χ1v) is 8.97. The number of benzene rings is 2. The molecule has 2 amide bonds. The van der Waals surface area contributed by atoms with Gasteiger partial charge in [0.2, 0.25) is 0 Å². The van der Waals surface area contributed by atoms with E-state index in [9.17, 15) is 9.59 Å². The van der Waals surface area contributed by atoms with Gasteiger partial charge in [0, 0.05) is 50.0 Å². The van der Waals surface area contributed by atoms with Crippen molar-refractivity contribution >= 4 is 17.5 Å². The number of nitrogens with zero attached hydrogens (tertiary/aromatic N) is 2. The molecule has 0 aromatic heterocycles. The Bertz CT molecular complexity index is 749. The zero-order chi connectivity index (χ0) is 18.5. The van der Waals surface area contributed by atoms with Crippen LogP contribution < -0.4 is 10.2 Å². The summed E-state index contributed by atoms with van der Waals surface area (Å²) in [6, 6.07) is 17.0. The van der Waals surface area contributed by atoms with Gasteiger partial charge in [-0.3, -0.25) is 9.59 Å². The summed E-state index contributed by atoms with van der Waals surface area (Å²) >= 11 is 0. The van der Waals surface area contributed by atoms with E-state index in [1.54, 1.807) is 0 Å². The topological polar surface area (TPSA) is 52.7 Å². The van der Waals surface area contributed by atoms with E-state index < -0.39 is 0 Å². The molecule has 0 saturated carbocycles. The Morgan fingerprint density at radius 2 is 1.54 bits per heavy atom. The van der Waals surface area contributed by atoms with Gasteiger partial charge < -0.3 is 15.1 Å². The van der Waals surface area contributed by atoms with Crippen LogP contribution in [0.25, 0.3) is 0 Å². The molecule has 1 N–H and O–H groups in total. The van der Waals surface area contributed by atoms with E-state index in [1.807, 2.05) is 78.5 Å². The first-order valence-electron chi connectivity index (χ1n) is 8.97. The monoisotopic (exact) mass is 351 g/mol. The Kier molecular flexibility index (Phi) is 5.56. The van der Waals surface area contributed by atoms with Crippen molar-refractivity contribution in [1.82, 2.24) is 10.2 Å². The third-order valence-electron chi connectivity index (χ3n) is 4.78. The van der Waals surface area contributed by atoms with Gasteiger partial charge in [-0.1, -0.05) is 18.2 Å². The van der Waals surface area contributed by atoms with E-state index in [0.717, 1.165) is 24.1 Å². The Labute approximate surface area is 154 Å². The molecule has 1 fully saturated rings. The summed E-state index contributed by atoms with van der Waals surface area (Å²) in [6.45, 7) is 1.33. The molecule has 5 nitrogen and oxygen atoms in total. The molecule has 0 atom stereocenters. The second-order valence-electron chi connectivity index (χ2n) is 6.85. The number of hydrogen-bond donors (Lipinski definition) is 1. The molecular formula is C21H25N3O2. The van der Waals surface area contributed by atoms with Crippen LogP contribution in [0.3, 0.4) is 0 Å². The van der Waals surface area contributed by atoms with Crippen molar-refractivity contribution in [3.63, 3.8) is 0 Å². The van der Waals surface area contributed by atoms with E-state index in [4.69, 9.17) is 0 Å². The fraction of sp³-hybridized carbons (Fsp3) is 0.333. The number of rotatable bonds is 4. The number of piperidine rings is 1. The smallest absolute Gasteiger partial charge is 0.253 e. The van der Waals surface area contributed by atoms with Crippen molar-refractivity contribution in [1.29, 1.82) is 0 Å². The minimum Gasteiger partial charge on any atom is -0.378 e. The average Bonchev–Trinajstić information content (AvgIpc) is 2.68. The van der Waals surface area contributed by atoms with Gasteiger partial charge in [-0.05, 0) is 49.2 Å². The lowest BCUT2D eigenvalue weighted by Crippen LogP contribution is -2.46. The van der Waals surface area contributed by atoms with Gasteiger partial charge in [-0.2, -0.15) is 0 Å². The molecule has 0 unspecified atom stereocenters.